The Morgan fingerprint density at radius 3 is 2.79 bits per heavy atom. The summed E-state index contributed by atoms with van der Waals surface area (Å²) < 4.78 is 44.5. The van der Waals surface area contributed by atoms with E-state index in [0.29, 0.717) is 22.6 Å². The van der Waals surface area contributed by atoms with Crippen LogP contribution in [0.25, 0.3) is 0 Å². The van der Waals surface area contributed by atoms with Crippen molar-refractivity contribution in [3.05, 3.63) is 40.4 Å². The number of para-hydroxylation sites is 1. The molecule has 0 unspecified atom stereocenters. The molecule has 5 nitrogen and oxygen atoms in total. The number of aromatic nitrogens is 3. The molecule has 1 aromatic carbocycles. The van der Waals surface area contributed by atoms with E-state index in [-0.39, 0.29) is 4.77 Å². The minimum absolute atomic E-state index is 0.236. The molecule has 0 amide bonds. The average molecular weight is 358 g/mol. The van der Waals surface area contributed by atoms with E-state index < -0.39 is 12.0 Å². The predicted molar refractivity (Wildman–Crippen MR) is 86.9 cm³/mol. The number of nitrogens with zero attached hydrogens (tertiary/aromatic N) is 3. The Morgan fingerprint density at radius 1 is 1.33 bits per heavy atom. The molecule has 0 aliphatic heterocycles. The monoisotopic (exact) mass is 358 g/mol. The van der Waals surface area contributed by atoms with Gasteiger partial charge in [0.25, 0.3) is 5.82 Å². The smallest absolute Gasteiger partial charge is 0.453 e. The van der Waals surface area contributed by atoms with Gasteiger partial charge >= 0.3 is 6.18 Å². The normalized spacial score (nSPS) is 12.0. The maximum Gasteiger partial charge on any atom is 0.453 e. The molecule has 0 bridgehead atoms. The fraction of sp³-hybridized carbons (Fsp3) is 0.400. The van der Waals surface area contributed by atoms with E-state index in [1.165, 1.54) is 6.21 Å². The van der Waals surface area contributed by atoms with Crippen LogP contribution in [0, 0.1) is 4.77 Å². The van der Waals surface area contributed by atoms with Crippen molar-refractivity contribution in [1.29, 1.82) is 0 Å². The minimum Gasteiger partial charge on any atom is -0.493 e. The zero-order valence-corrected chi connectivity index (χ0v) is 13.8. The highest BCUT2D eigenvalue weighted by Crippen LogP contribution is 2.27. The van der Waals surface area contributed by atoms with Crippen LogP contribution in [0.3, 0.4) is 0 Å². The first-order chi connectivity index (χ1) is 11.4. The zero-order valence-electron chi connectivity index (χ0n) is 13.0. The number of benzene rings is 1. The van der Waals surface area contributed by atoms with Crippen molar-refractivity contribution in [2.75, 3.05) is 6.61 Å². The molecule has 0 atom stereocenters. The number of alkyl halides is 3. The Labute approximate surface area is 142 Å². The zero-order chi connectivity index (χ0) is 17.6. The van der Waals surface area contributed by atoms with Crippen molar-refractivity contribution < 1.29 is 17.9 Å². The number of hydrogen-bond acceptors (Lipinski definition) is 4. The summed E-state index contributed by atoms with van der Waals surface area (Å²) in [7, 11) is 0. The van der Waals surface area contributed by atoms with Gasteiger partial charge in [-0.1, -0.05) is 31.9 Å². The average Bonchev–Trinajstić information content (AvgIpc) is 2.91. The third kappa shape index (κ3) is 4.67. The molecule has 9 heteroatoms. The molecule has 0 aliphatic rings. The fourth-order valence-corrected chi connectivity index (χ4v) is 2.13. The van der Waals surface area contributed by atoms with Gasteiger partial charge in [-0.05, 0) is 30.8 Å². The summed E-state index contributed by atoms with van der Waals surface area (Å²) in [6.45, 7) is 2.63. The second-order valence-corrected chi connectivity index (χ2v) is 5.39. The van der Waals surface area contributed by atoms with Crippen molar-refractivity contribution >= 4 is 18.4 Å². The molecular formula is C15H17F3N4OS. The maximum absolute atomic E-state index is 12.9. The third-order valence-electron chi connectivity index (χ3n) is 3.14. The number of rotatable bonds is 7. The standard InChI is InChI=1S/C15H17F3N4OS/c1-2-3-6-9-23-12-8-5-4-7-11(12)10-19-22-13(15(16,17)18)20-21-14(22)24/h4-5,7-8,10H,2-3,6,9H2,1H3,(H,21,24)/b19-10+. The summed E-state index contributed by atoms with van der Waals surface area (Å²) in [5.41, 5.74) is 0.560. The summed E-state index contributed by atoms with van der Waals surface area (Å²) in [6.07, 6.45) is -0.343. The summed E-state index contributed by atoms with van der Waals surface area (Å²) in [6, 6.07) is 6.99. The first-order valence-electron chi connectivity index (χ1n) is 7.44. The first kappa shape index (κ1) is 18.2. The van der Waals surface area contributed by atoms with E-state index in [0.717, 1.165) is 19.3 Å². The van der Waals surface area contributed by atoms with Crippen LogP contribution in [0.4, 0.5) is 13.2 Å². The molecule has 0 saturated heterocycles. The molecule has 0 aliphatic carbocycles. The van der Waals surface area contributed by atoms with Crippen molar-refractivity contribution in [2.45, 2.75) is 32.4 Å². The van der Waals surface area contributed by atoms with Gasteiger partial charge in [0.05, 0.1) is 12.8 Å². The Balaban J connectivity index is 2.21. The van der Waals surface area contributed by atoms with Crippen LogP contribution in [-0.2, 0) is 6.18 Å². The lowest BCUT2D eigenvalue weighted by Crippen LogP contribution is -2.13. The summed E-state index contributed by atoms with van der Waals surface area (Å²) >= 11 is 4.79. The molecule has 0 saturated carbocycles. The van der Waals surface area contributed by atoms with Gasteiger partial charge in [-0.2, -0.15) is 22.9 Å². The minimum atomic E-state index is -4.65. The predicted octanol–water partition coefficient (Wildman–Crippen LogP) is 4.41. The molecule has 0 radical (unpaired) electrons. The molecule has 2 aromatic rings. The Morgan fingerprint density at radius 2 is 2.08 bits per heavy atom. The summed E-state index contributed by atoms with van der Waals surface area (Å²) in [5, 5.41) is 9.06. The topological polar surface area (TPSA) is 55.2 Å². The van der Waals surface area contributed by atoms with E-state index in [1.807, 2.05) is 0 Å². The maximum atomic E-state index is 12.9. The van der Waals surface area contributed by atoms with Gasteiger partial charge in [0.1, 0.15) is 5.75 Å². The largest absolute Gasteiger partial charge is 0.493 e. The number of ether oxygens (including phenoxy) is 1. The van der Waals surface area contributed by atoms with Gasteiger partial charge < -0.3 is 4.74 Å². The molecule has 24 heavy (non-hydrogen) atoms. The van der Waals surface area contributed by atoms with Crippen molar-refractivity contribution in [3.63, 3.8) is 0 Å². The number of hydrogen-bond donors (Lipinski definition) is 1. The highest BCUT2D eigenvalue weighted by atomic mass is 32.1. The number of H-pyrrole nitrogens is 1. The van der Waals surface area contributed by atoms with Gasteiger partial charge in [-0.3, -0.25) is 0 Å². The molecule has 1 N–H and O–H groups in total. The quantitative estimate of drug-likeness (QED) is 0.453. The molecule has 2 rings (SSSR count). The first-order valence-corrected chi connectivity index (χ1v) is 7.85. The van der Waals surface area contributed by atoms with Gasteiger partial charge in [0.2, 0.25) is 4.77 Å². The molecular weight excluding hydrogens is 341 g/mol. The van der Waals surface area contributed by atoms with Crippen molar-refractivity contribution in [1.82, 2.24) is 14.9 Å². The van der Waals surface area contributed by atoms with Crippen LogP contribution in [0.15, 0.2) is 29.4 Å². The van der Waals surface area contributed by atoms with Crippen molar-refractivity contribution in [2.24, 2.45) is 5.10 Å². The van der Waals surface area contributed by atoms with E-state index in [9.17, 15) is 13.2 Å². The number of nitrogens with one attached hydrogen (secondary N) is 1. The Hall–Kier alpha value is -2.16. The van der Waals surface area contributed by atoms with Gasteiger partial charge in [0.15, 0.2) is 0 Å². The molecule has 1 heterocycles. The van der Waals surface area contributed by atoms with Crippen molar-refractivity contribution in [3.8, 4) is 5.75 Å². The summed E-state index contributed by atoms with van der Waals surface area (Å²) in [4.78, 5) is 0. The van der Waals surface area contributed by atoms with Crippen LogP contribution in [0.2, 0.25) is 0 Å². The number of halogens is 3. The van der Waals surface area contributed by atoms with Gasteiger partial charge in [-0.15, -0.1) is 5.10 Å². The van der Waals surface area contributed by atoms with Crippen LogP contribution >= 0.6 is 12.2 Å². The number of aromatic amines is 1. The van der Waals surface area contributed by atoms with Crippen LogP contribution < -0.4 is 4.74 Å². The van der Waals surface area contributed by atoms with E-state index in [2.05, 4.69) is 22.2 Å². The van der Waals surface area contributed by atoms with E-state index in [4.69, 9.17) is 17.0 Å². The van der Waals surface area contributed by atoms with E-state index in [1.54, 1.807) is 24.3 Å². The lowest BCUT2D eigenvalue weighted by molar-refractivity contribution is -0.147. The lowest BCUT2D eigenvalue weighted by Gasteiger charge is -2.08. The second-order valence-electron chi connectivity index (χ2n) is 5.00. The molecule has 130 valence electrons. The van der Waals surface area contributed by atoms with Crippen LogP contribution in [-0.4, -0.2) is 27.7 Å². The highest BCUT2D eigenvalue weighted by Gasteiger charge is 2.37. The SMILES string of the molecule is CCCCCOc1ccccc1/C=N/n1c(C(F)(F)F)n[nH]c1=S. The van der Waals surface area contributed by atoms with Gasteiger partial charge in [0, 0.05) is 5.56 Å². The fourth-order valence-electron chi connectivity index (χ4n) is 1.96. The Kier molecular flexibility index (Phi) is 6.13. The Bertz CT molecular complexity index is 752. The molecule has 0 fully saturated rings. The molecule has 1 aromatic heterocycles. The molecule has 0 spiro atoms. The van der Waals surface area contributed by atoms with Crippen LogP contribution in [0.5, 0.6) is 5.75 Å². The second kappa shape index (κ2) is 8.09. The van der Waals surface area contributed by atoms with E-state index >= 15 is 0 Å². The lowest BCUT2D eigenvalue weighted by atomic mass is 10.2. The van der Waals surface area contributed by atoms with Gasteiger partial charge in [-0.25, -0.2) is 5.10 Å². The number of unbranched alkanes of at least 4 members (excludes halogenated alkanes) is 2. The third-order valence-corrected chi connectivity index (χ3v) is 3.40. The van der Waals surface area contributed by atoms with Crippen LogP contribution in [0.1, 0.15) is 37.6 Å². The highest BCUT2D eigenvalue weighted by molar-refractivity contribution is 7.71. The summed E-state index contributed by atoms with van der Waals surface area (Å²) in [5.74, 6) is -0.647.